The molecule has 1 atom stereocenters. The lowest BCUT2D eigenvalue weighted by Crippen LogP contribution is -2.39. The molecule has 302 valence electrons. The van der Waals surface area contributed by atoms with Gasteiger partial charge in [0, 0.05) is 88.4 Å². The molecule has 14 nitrogen and oxygen atoms in total. The molecule has 3 aliphatic rings. The number of carbonyl (C=O) groups is 4. The molecule has 3 aliphatic heterocycles. The summed E-state index contributed by atoms with van der Waals surface area (Å²) in [6, 6.07) is 18.8. The number of thiazole rings is 1. The first kappa shape index (κ1) is 38.3. The van der Waals surface area contributed by atoms with E-state index < -0.39 is 5.92 Å². The van der Waals surface area contributed by atoms with Crippen molar-refractivity contribution in [2.45, 2.75) is 56.9 Å². The van der Waals surface area contributed by atoms with Crippen molar-refractivity contribution in [3.63, 3.8) is 0 Å². The van der Waals surface area contributed by atoms with Gasteiger partial charge in [0.2, 0.25) is 17.7 Å². The minimum atomic E-state index is -0.440. The fourth-order valence-electron chi connectivity index (χ4n) is 8.80. The number of aryl methyl sites for hydroxylation is 2. The molecule has 6 heterocycles. The lowest BCUT2D eigenvalue weighted by Gasteiger charge is -2.34. The minimum absolute atomic E-state index is 0.0680. The van der Waals surface area contributed by atoms with Gasteiger partial charge in [0.1, 0.15) is 5.01 Å². The topological polar surface area (TPSA) is 151 Å². The Hall–Kier alpha value is -6.22. The van der Waals surface area contributed by atoms with Crippen LogP contribution in [0.5, 0.6) is 0 Å². The highest BCUT2D eigenvalue weighted by Crippen LogP contribution is 2.40. The molecule has 3 aromatic heterocycles. The molecule has 1 N–H and O–H groups in total. The average Bonchev–Trinajstić information content (AvgIpc) is 4.02. The molecule has 0 bridgehead atoms. The number of fused-ring (bicyclic) bond motifs is 2. The Labute approximate surface area is 345 Å². The van der Waals surface area contributed by atoms with Crippen LogP contribution < -0.4 is 10.2 Å². The van der Waals surface area contributed by atoms with Crippen LogP contribution in [0.3, 0.4) is 0 Å². The van der Waals surface area contributed by atoms with E-state index in [9.17, 15) is 19.2 Å². The lowest BCUT2D eigenvalue weighted by atomic mass is 9.88. The third-order valence-electron chi connectivity index (χ3n) is 11.9. The zero-order valence-corrected chi connectivity index (χ0v) is 34.2. The summed E-state index contributed by atoms with van der Waals surface area (Å²) in [6.07, 6.45) is 9.40. The normalized spacial score (nSPS) is 17.7. The Kier molecular flexibility index (Phi) is 10.3. The van der Waals surface area contributed by atoms with E-state index in [1.807, 2.05) is 40.9 Å². The number of nitrogens with one attached hydrogen (secondary N) is 1. The van der Waals surface area contributed by atoms with Gasteiger partial charge in [0.15, 0.2) is 0 Å². The Morgan fingerprint density at radius 3 is 2.56 bits per heavy atom. The molecule has 1 unspecified atom stereocenters. The number of amides is 4. The third-order valence-corrected chi connectivity index (χ3v) is 13.0. The molecule has 2 saturated heterocycles. The number of hydrogen-bond donors (Lipinski definition) is 1. The summed E-state index contributed by atoms with van der Waals surface area (Å²) in [5.41, 5.74) is 8.52. The molecule has 0 saturated carbocycles. The summed E-state index contributed by atoms with van der Waals surface area (Å²) in [7, 11) is 5.46. The molecular formula is C44H46N10O4S. The van der Waals surface area contributed by atoms with Crippen molar-refractivity contribution < 1.29 is 19.2 Å². The highest BCUT2D eigenvalue weighted by Gasteiger charge is 2.33. The molecular weight excluding hydrogens is 765 g/mol. The number of piperidine rings is 2. The maximum absolute atomic E-state index is 13.3. The Balaban J connectivity index is 0.927. The molecule has 4 amide bonds. The molecule has 2 fully saturated rings. The van der Waals surface area contributed by atoms with Gasteiger partial charge in [-0.15, -0.1) is 16.4 Å². The average molecular weight is 811 g/mol. The zero-order valence-electron chi connectivity index (χ0n) is 33.4. The van der Waals surface area contributed by atoms with Gasteiger partial charge in [-0.2, -0.15) is 5.10 Å². The number of rotatable bonds is 9. The summed E-state index contributed by atoms with van der Waals surface area (Å²) < 4.78 is 4.48. The lowest BCUT2D eigenvalue weighted by molar-refractivity contribution is -0.134. The fourth-order valence-corrected chi connectivity index (χ4v) is 9.86. The van der Waals surface area contributed by atoms with E-state index in [1.165, 1.54) is 5.56 Å². The predicted molar refractivity (Wildman–Crippen MR) is 227 cm³/mol. The molecule has 0 radical (unpaired) electrons. The summed E-state index contributed by atoms with van der Waals surface area (Å²) in [5, 5.41) is 16.9. The monoisotopic (exact) mass is 810 g/mol. The molecule has 3 aromatic carbocycles. The van der Waals surface area contributed by atoms with E-state index >= 15 is 0 Å². The van der Waals surface area contributed by atoms with Crippen molar-refractivity contribution in [3.05, 3.63) is 94.9 Å². The molecule has 9 rings (SSSR count). The standard InChI is InChI=1S/C44H46N10O4S/c1-50(2)44(58)31-24-34(40-36(25-31)59-43(47-40)30-6-5-19-53(26-30)38(56)17-22-54-23-18-45-49-54)29-11-9-27(10-12-29)28-15-20-52(21-16-28)35-8-4-7-32-39(48-51(3)41(32)35)33-13-14-37(55)46-42(33)57/h4,6-12,18,23-25,28,33H,5,13-17,19-22,26H2,1-3H3,(H,46,55,57). The number of para-hydroxylation sites is 1. The van der Waals surface area contributed by atoms with E-state index in [0.717, 1.165) is 86.6 Å². The van der Waals surface area contributed by atoms with Crippen LogP contribution in [-0.2, 0) is 28.0 Å². The van der Waals surface area contributed by atoms with Gasteiger partial charge < -0.3 is 14.7 Å². The predicted octanol–water partition coefficient (Wildman–Crippen LogP) is 5.75. The summed E-state index contributed by atoms with van der Waals surface area (Å²) in [5.74, 6) is -0.550. The second-order valence-electron chi connectivity index (χ2n) is 15.9. The quantitative estimate of drug-likeness (QED) is 0.180. The van der Waals surface area contributed by atoms with Gasteiger partial charge in [-0.3, -0.25) is 33.9 Å². The third kappa shape index (κ3) is 7.50. The van der Waals surface area contributed by atoms with Gasteiger partial charge >= 0.3 is 0 Å². The minimum Gasteiger partial charge on any atom is -0.370 e. The molecule has 6 aromatic rings. The van der Waals surface area contributed by atoms with Crippen LogP contribution in [0.25, 0.3) is 37.8 Å². The van der Waals surface area contributed by atoms with Crippen LogP contribution in [0.2, 0.25) is 0 Å². The van der Waals surface area contributed by atoms with E-state index in [1.54, 1.807) is 47.4 Å². The van der Waals surface area contributed by atoms with Crippen molar-refractivity contribution in [2.24, 2.45) is 7.05 Å². The van der Waals surface area contributed by atoms with Gasteiger partial charge in [-0.1, -0.05) is 47.7 Å². The first-order valence-corrected chi connectivity index (χ1v) is 21.0. The van der Waals surface area contributed by atoms with E-state index in [0.29, 0.717) is 50.4 Å². The van der Waals surface area contributed by atoms with E-state index in [2.05, 4.69) is 56.9 Å². The van der Waals surface area contributed by atoms with Crippen LogP contribution in [0.4, 0.5) is 5.69 Å². The number of benzene rings is 3. The zero-order chi connectivity index (χ0) is 40.8. The smallest absolute Gasteiger partial charge is 0.253 e. The molecule has 0 spiro atoms. The van der Waals surface area contributed by atoms with Crippen molar-refractivity contribution >= 4 is 67.3 Å². The number of aromatic nitrogens is 6. The van der Waals surface area contributed by atoms with Crippen molar-refractivity contribution in [3.8, 4) is 11.1 Å². The first-order valence-electron chi connectivity index (χ1n) is 20.2. The Bertz CT molecular complexity index is 2620. The maximum Gasteiger partial charge on any atom is 0.253 e. The second kappa shape index (κ2) is 15.9. The van der Waals surface area contributed by atoms with Crippen molar-refractivity contribution in [1.29, 1.82) is 0 Å². The molecule has 15 heteroatoms. The number of carbonyl (C=O) groups excluding carboxylic acids is 4. The Morgan fingerprint density at radius 2 is 1.81 bits per heavy atom. The van der Waals surface area contributed by atoms with Crippen molar-refractivity contribution in [2.75, 3.05) is 45.2 Å². The van der Waals surface area contributed by atoms with Crippen LogP contribution >= 0.6 is 11.3 Å². The molecule has 0 aliphatic carbocycles. The van der Waals surface area contributed by atoms with Crippen LogP contribution in [0, 0.1) is 0 Å². The first-order chi connectivity index (χ1) is 28.6. The van der Waals surface area contributed by atoms with E-state index in [4.69, 9.17) is 10.1 Å². The van der Waals surface area contributed by atoms with Gasteiger partial charge in [-0.25, -0.2) is 4.98 Å². The number of anilines is 1. The fraction of sp³-hybridized carbons (Fsp3) is 0.364. The summed E-state index contributed by atoms with van der Waals surface area (Å²) in [4.78, 5) is 62.1. The van der Waals surface area contributed by atoms with Crippen LogP contribution in [-0.4, -0.2) is 103 Å². The van der Waals surface area contributed by atoms with Crippen molar-refractivity contribution in [1.82, 2.24) is 44.9 Å². The highest BCUT2D eigenvalue weighted by atomic mass is 32.1. The largest absolute Gasteiger partial charge is 0.370 e. The van der Waals surface area contributed by atoms with Crippen LogP contribution in [0.1, 0.15) is 77.0 Å². The van der Waals surface area contributed by atoms with Crippen LogP contribution in [0.15, 0.2) is 73.1 Å². The summed E-state index contributed by atoms with van der Waals surface area (Å²) in [6.45, 7) is 3.39. The SMILES string of the molecule is CN(C)C(=O)c1cc(-c2ccc(C3CCN(c4cccc5c(C6CCC(=O)NC6=O)nn(C)c45)CC3)cc2)c2nc(C3=CCCN(C(=O)CCn4ccnn4)C3)sc2c1. The maximum atomic E-state index is 13.3. The van der Waals surface area contributed by atoms with Gasteiger partial charge in [0.05, 0.1) is 45.8 Å². The second-order valence-corrected chi connectivity index (χ2v) is 16.9. The van der Waals surface area contributed by atoms with E-state index in [-0.39, 0.29) is 23.6 Å². The van der Waals surface area contributed by atoms with Gasteiger partial charge in [-0.05, 0) is 60.9 Å². The number of imide groups is 1. The molecule has 59 heavy (non-hydrogen) atoms. The van der Waals surface area contributed by atoms with Gasteiger partial charge in [0.25, 0.3) is 5.91 Å². The number of nitrogens with zero attached hydrogens (tertiary/aromatic N) is 9. The highest BCUT2D eigenvalue weighted by molar-refractivity contribution is 7.19. The number of hydrogen-bond acceptors (Lipinski definition) is 10. The summed E-state index contributed by atoms with van der Waals surface area (Å²) >= 11 is 1.56. The Morgan fingerprint density at radius 1 is 1.00 bits per heavy atom.